The second kappa shape index (κ2) is 5.57. The van der Waals surface area contributed by atoms with Gasteiger partial charge in [-0.05, 0) is 36.4 Å². The number of benzene rings is 2. The standard InChI is InChI=1S/C17H13NO5/c1-22-12-7-8-14-13(9-12)16(19)15(18(14)21)10-3-5-11(6-4-10)17(20)23-2/h3-9H,1-2H3. The minimum Gasteiger partial charge on any atom is -0.618 e. The van der Waals surface area contributed by atoms with Gasteiger partial charge < -0.3 is 14.7 Å². The molecule has 0 spiro atoms. The summed E-state index contributed by atoms with van der Waals surface area (Å²) in [5.41, 5.74) is 1.38. The molecule has 1 heterocycles. The highest BCUT2D eigenvalue weighted by Gasteiger charge is 2.36. The molecular formula is C17H13NO5. The highest BCUT2D eigenvalue weighted by molar-refractivity contribution is 6.52. The van der Waals surface area contributed by atoms with Gasteiger partial charge in [-0.15, -0.1) is 0 Å². The molecule has 0 saturated carbocycles. The van der Waals surface area contributed by atoms with Crippen molar-refractivity contribution in [1.29, 1.82) is 0 Å². The van der Waals surface area contributed by atoms with Crippen LogP contribution in [0.2, 0.25) is 0 Å². The summed E-state index contributed by atoms with van der Waals surface area (Å²) in [5, 5.41) is 12.4. The summed E-state index contributed by atoms with van der Waals surface area (Å²) in [4.78, 5) is 24.0. The molecule has 0 unspecified atom stereocenters. The van der Waals surface area contributed by atoms with Crippen molar-refractivity contribution in [3.05, 3.63) is 64.4 Å². The highest BCUT2D eigenvalue weighted by Crippen LogP contribution is 2.31. The van der Waals surface area contributed by atoms with E-state index >= 15 is 0 Å². The number of carbonyl (C=O) groups excluding carboxylic acids is 2. The molecule has 0 aromatic heterocycles. The van der Waals surface area contributed by atoms with Crippen molar-refractivity contribution < 1.29 is 23.8 Å². The molecule has 6 nitrogen and oxygen atoms in total. The SMILES string of the molecule is COC(=O)c1ccc(C2=[N+]([O-])c3ccc(OC)cc3C2=O)cc1. The van der Waals surface area contributed by atoms with Crippen LogP contribution in [0.4, 0.5) is 5.69 Å². The fraction of sp³-hybridized carbons (Fsp3) is 0.118. The summed E-state index contributed by atoms with van der Waals surface area (Å²) in [6.45, 7) is 0. The van der Waals surface area contributed by atoms with Gasteiger partial charge in [0.1, 0.15) is 11.3 Å². The molecule has 2 aromatic carbocycles. The Bertz CT molecular complexity index is 837. The van der Waals surface area contributed by atoms with Gasteiger partial charge in [0.25, 0.3) is 11.5 Å². The van der Waals surface area contributed by atoms with Gasteiger partial charge in [0.05, 0.1) is 25.3 Å². The minimum absolute atomic E-state index is 0.0182. The molecule has 0 bridgehead atoms. The molecule has 0 atom stereocenters. The first-order valence-electron chi connectivity index (χ1n) is 6.82. The Morgan fingerprint density at radius 1 is 1.09 bits per heavy atom. The van der Waals surface area contributed by atoms with Crippen molar-refractivity contribution in [2.45, 2.75) is 0 Å². The lowest BCUT2D eigenvalue weighted by Crippen LogP contribution is -2.16. The first-order valence-corrected chi connectivity index (χ1v) is 6.82. The topological polar surface area (TPSA) is 78.7 Å². The number of rotatable bonds is 3. The number of ketones is 1. The van der Waals surface area contributed by atoms with Crippen LogP contribution in [-0.2, 0) is 4.74 Å². The number of fused-ring (bicyclic) bond motifs is 1. The smallest absolute Gasteiger partial charge is 0.337 e. The number of ether oxygens (including phenoxy) is 2. The largest absolute Gasteiger partial charge is 0.618 e. The van der Waals surface area contributed by atoms with E-state index in [1.54, 1.807) is 30.3 Å². The Labute approximate surface area is 132 Å². The quantitative estimate of drug-likeness (QED) is 0.494. The van der Waals surface area contributed by atoms with Gasteiger partial charge in [0.2, 0.25) is 5.69 Å². The van der Waals surface area contributed by atoms with Crippen molar-refractivity contribution in [3.63, 3.8) is 0 Å². The van der Waals surface area contributed by atoms with Crippen molar-refractivity contribution in [3.8, 4) is 5.75 Å². The van der Waals surface area contributed by atoms with Crippen LogP contribution in [0.5, 0.6) is 5.75 Å². The zero-order chi connectivity index (χ0) is 16.6. The summed E-state index contributed by atoms with van der Waals surface area (Å²) in [7, 11) is 2.78. The van der Waals surface area contributed by atoms with Crippen molar-refractivity contribution >= 4 is 23.2 Å². The monoisotopic (exact) mass is 311 g/mol. The van der Waals surface area contributed by atoms with E-state index in [4.69, 9.17) is 4.74 Å². The van der Waals surface area contributed by atoms with Gasteiger partial charge in [-0.2, -0.15) is 4.74 Å². The van der Waals surface area contributed by atoms with Crippen LogP contribution in [0, 0.1) is 5.21 Å². The molecule has 2 aromatic rings. The molecule has 23 heavy (non-hydrogen) atoms. The molecule has 3 rings (SSSR count). The summed E-state index contributed by atoms with van der Waals surface area (Å²) in [6, 6.07) is 10.8. The Hall–Kier alpha value is -3.15. The fourth-order valence-corrected chi connectivity index (χ4v) is 2.47. The number of Topliss-reactive ketones (excluding diaryl/α,β-unsaturated/α-hetero) is 1. The van der Waals surface area contributed by atoms with Crippen molar-refractivity contribution in [2.24, 2.45) is 0 Å². The van der Waals surface area contributed by atoms with Crippen LogP contribution >= 0.6 is 0 Å². The first-order chi connectivity index (χ1) is 11.1. The maximum Gasteiger partial charge on any atom is 0.337 e. The van der Waals surface area contributed by atoms with E-state index in [2.05, 4.69) is 4.74 Å². The number of hydrogen-bond donors (Lipinski definition) is 0. The molecule has 0 saturated heterocycles. The molecule has 0 N–H and O–H groups in total. The lowest BCUT2D eigenvalue weighted by molar-refractivity contribution is -0.355. The predicted molar refractivity (Wildman–Crippen MR) is 82.5 cm³/mol. The van der Waals surface area contributed by atoms with Crippen LogP contribution in [0.3, 0.4) is 0 Å². The normalized spacial score (nSPS) is 13.0. The van der Waals surface area contributed by atoms with Crippen molar-refractivity contribution in [2.75, 3.05) is 14.2 Å². The lowest BCUT2D eigenvalue weighted by atomic mass is 10.0. The Morgan fingerprint density at radius 3 is 2.39 bits per heavy atom. The van der Waals surface area contributed by atoms with E-state index in [-0.39, 0.29) is 17.2 Å². The number of carbonyl (C=O) groups is 2. The first kappa shape index (κ1) is 14.8. The summed E-state index contributed by atoms with van der Waals surface area (Å²) < 4.78 is 10.3. The summed E-state index contributed by atoms with van der Waals surface area (Å²) in [6.07, 6.45) is 0. The van der Waals surface area contributed by atoms with Gasteiger partial charge in [-0.25, -0.2) is 4.79 Å². The summed E-state index contributed by atoms with van der Waals surface area (Å²) >= 11 is 0. The van der Waals surface area contributed by atoms with Crippen molar-refractivity contribution in [1.82, 2.24) is 0 Å². The zero-order valence-corrected chi connectivity index (χ0v) is 12.5. The zero-order valence-electron chi connectivity index (χ0n) is 12.5. The molecule has 0 aliphatic carbocycles. The molecular weight excluding hydrogens is 298 g/mol. The van der Waals surface area contributed by atoms with Gasteiger partial charge in [-0.3, -0.25) is 4.79 Å². The van der Waals surface area contributed by atoms with E-state index in [1.165, 1.54) is 26.4 Å². The third kappa shape index (κ3) is 2.34. The number of esters is 1. The Balaban J connectivity index is 2.02. The minimum atomic E-state index is -0.480. The molecule has 1 aliphatic rings. The van der Waals surface area contributed by atoms with Crippen LogP contribution in [-0.4, -0.2) is 36.4 Å². The number of nitrogens with zero attached hydrogens (tertiary/aromatic N) is 1. The van der Waals surface area contributed by atoms with E-state index < -0.39 is 5.97 Å². The molecule has 1 aliphatic heterocycles. The van der Waals surface area contributed by atoms with Crippen LogP contribution in [0.1, 0.15) is 26.3 Å². The van der Waals surface area contributed by atoms with Crippen LogP contribution < -0.4 is 4.74 Å². The molecule has 116 valence electrons. The maximum absolute atomic E-state index is 12.5. The number of methoxy groups -OCH3 is 2. The van der Waals surface area contributed by atoms with Gasteiger partial charge in [0.15, 0.2) is 0 Å². The lowest BCUT2D eigenvalue weighted by Gasteiger charge is -2.03. The van der Waals surface area contributed by atoms with E-state index in [9.17, 15) is 14.8 Å². The molecule has 0 radical (unpaired) electrons. The van der Waals surface area contributed by atoms with E-state index in [1.807, 2.05) is 0 Å². The second-order valence-corrected chi connectivity index (χ2v) is 4.92. The van der Waals surface area contributed by atoms with Gasteiger partial charge in [0, 0.05) is 6.07 Å². The third-order valence-electron chi connectivity index (χ3n) is 3.66. The van der Waals surface area contributed by atoms with Crippen LogP contribution in [0.25, 0.3) is 0 Å². The molecule has 0 amide bonds. The van der Waals surface area contributed by atoms with E-state index in [0.717, 1.165) is 0 Å². The van der Waals surface area contributed by atoms with E-state index in [0.29, 0.717) is 27.2 Å². The Morgan fingerprint density at radius 2 is 1.78 bits per heavy atom. The molecule has 0 fully saturated rings. The maximum atomic E-state index is 12.5. The highest BCUT2D eigenvalue weighted by atomic mass is 16.5. The number of hydrogen-bond acceptors (Lipinski definition) is 5. The second-order valence-electron chi connectivity index (χ2n) is 4.92. The third-order valence-corrected chi connectivity index (χ3v) is 3.66. The fourth-order valence-electron chi connectivity index (χ4n) is 2.47. The molecule has 6 heteroatoms. The average molecular weight is 311 g/mol. The predicted octanol–water partition coefficient (Wildman–Crippen LogP) is 2.31. The Kier molecular flexibility index (Phi) is 3.57. The average Bonchev–Trinajstić information content (AvgIpc) is 2.84. The van der Waals surface area contributed by atoms with Gasteiger partial charge >= 0.3 is 5.97 Å². The van der Waals surface area contributed by atoms with Gasteiger partial charge in [-0.1, -0.05) is 0 Å². The summed E-state index contributed by atoms with van der Waals surface area (Å²) in [5.74, 6) is -0.348. The van der Waals surface area contributed by atoms with Crippen LogP contribution in [0.15, 0.2) is 42.5 Å².